The van der Waals surface area contributed by atoms with Gasteiger partial charge in [0.05, 0.1) is 7.11 Å². The maximum atomic E-state index is 11.8. The molecule has 0 spiro atoms. The Morgan fingerprint density at radius 3 is 3.16 bits per heavy atom. The van der Waals surface area contributed by atoms with E-state index in [4.69, 9.17) is 4.74 Å². The Balaban J connectivity index is 1.70. The van der Waals surface area contributed by atoms with Crippen LogP contribution in [0, 0.1) is 5.92 Å². The predicted molar refractivity (Wildman–Crippen MR) is 75.1 cm³/mol. The van der Waals surface area contributed by atoms with E-state index < -0.39 is 0 Å². The van der Waals surface area contributed by atoms with Crippen molar-refractivity contribution >= 4 is 5.91 Å². The molecule has 4 heteroatoms. The van der Waals surface area contributed by atoms with Crippen molar-refractivity contribution in [3.05, 3.63) is 29.8 Å². The van der Waals surface area contributed by atoms with Gasteiger partial charge in [-0.15, -0.1) is 0 Å². The molecule has 2 rings (SSSR count). The lowest BCUT2D eigenvalue weighted by atomic mass is 10.0. The molecule has 19 heavy (non-hydrogen) atoms. The van der Waals surface area contributed by atoms with Crippen LogP contribution in [-0.2, 0) is 11.3 Å². The first-order valence-corrected chi connectivity index (χ1v) is 6.88. The van der Waals surface area contributed by atoms with Crippen LogP contribution in [0.25, 0.3) is 0 Å². The molecule has 4 nitrogen and oxygen atoms in total. The number of ether oxygens (including phenoxy) is 1. The van der Waals surface area contributed by atoms with E-state index >= 15 is 0 Å². The van der Waals surface area contributed by atoms with Crippen LogP contribution < -0.4 is 15.4 Å². The molecule has 0 aromatic heterocycles. The Bertz CT molecular complexity index is 414. The highest BCUT2D eigenvalue weighted by atomic mass is 16.5. The molecule has 104 valence electrons. The second-order valence-corrected chi connectivity index (χ2v) is 5.03. The van der Waals surface area contributed by atoms with Gasteiger partial charge in [-0.25, -0.2) is 0 Å². The van der Waals surface area contributed by atoms with Crippen molar-refractivity contribution in [2.45, 2.75) is 25.8 Å². The number of amides is 1. The van der Waals surface area contributed by atoms with Crippen LogP contribution in [0.3, 0.4) is 0 Å². The lowest BCUT2D eigenvalue weighted by Crippen LogP contribution is -2.23. The highest BCUT2D eigenvalue weighted by Gasteiger charge is 2.15. The van der Waals surface area contributed by atoms with Gasteiger partial charge in [0.1, 0.15) is 5.75 Å². The van der Waals surface area contributed by atoms with E-state index in [1.165, 1.54) is 6.42 Å². The molecule has 1 aliphatic heterocycles. The SMILES string of the molecule is COc1cccc(CNC(=O)CCC2CCNC2)c1. The Kier molecular flexibility index (Phi) is 5.21. The van der Waals surface area contributed by atoms with E-state index in [0.717, 1.165) is 30.8 Å². The minimum atomic E-state index is 0.134. The van der Waals surface area contributed by atoms with Crippen LogP contribution in [0.15, 0.2) is 24.3 Å². The van der Waals surface area contributed by atoms with Gasteiger partial charge in [-0.3, -0.25) is 4.79 Å². The molecule has 0 radical (unpaired) electrons. The summed E-state index contributed by atoms with van der Waals surface area (Å²) in [5.74, 6) is 1.63. The minimum absolute atomic E-state index is 0.134. The summed E-state index contributed by atoms with van der Waals surface area (Å²) >= 11 is 0. The zero-order valence-corrected chi connectivity index (χ0v) is 11.4. The Morgan fingerprint density at radius 1 is 1.53 bits per heavy atom. The van der Waals surface area contributed by atoms with Crippen LogP contribution >= 0.6 is 0 Å². The maximum Gasteiger partial charge on any atom is 0.220 e. The van der Waals surface area contributed by atoms with E-state index in [2.05, 4.69) is 10.6 Å². The number of benzene rings is 1. The zero-order chi connectivity index (χ0) is 13.5. The Labute approximate surface area is 114 Å². The van der Waals surface area contributed by atoms with Crippen molar-refractivity contribution in [1.82, 2.24) is 10.6 Å². The molecule has 1 amide bonds. The summed E-state index contributed by atoms with van der Waals surface area (Å²) in [7, 11) is 1.65. The third-order valence-electron chi connectivity index (χ3n) is 3.57. The fourth-order valence-electron chi connectivity index (χ4n) is 2.37. The summed E-state index contributed by atoms with van der Waals surface area (Å²) in [6.07, 6.45) is 2.80. The summed E-state index contributed by atoms with van der Waals surface area (Å²) < 4.78 is 5.16. The molecule has 1 aromatic carbocycles. The first-order valence-electron chi connectivity index (χ1n) is 6.88. The average Bonchev–Trinajstić information content (AvgIpc) is 2.96. The topological polar surface area (TPSA) is 50.4 Å². The average molecular weight is 262 g/mol. The molecule has 1 atom stereocenters. The second kappa shape index (κ2) is 7.14. The Morgan fingerprint density at radius 2 is 2.42 bits per heavy atom. The van der Waals surface area contributed by atoms with Gasteiger partial charge in [-0.1, -0.05) is 12.1 Å². The third-order valence-corrected chi connectivity index (χ3v) is 3.57. The smallest absolute Gasteiger partial charge is 0.220 e. The molecule has 1 aliphatic rings. The van der Waals surface area contributed by atoms with Crippen molar-refractivity contribution in [2.24, 2.45) is 5.92 Å². The first kappa shape index (κ1) is 13.9. The standard InChI is InChI=1S/C15H22N2O2/c1-19-14-4-2-3-13(9-14)11-17-15(18)6-5-12-7-8-16-10-12/h2-4,9,12,16H,5-8,10-11H2,1H3,(H,17,18). The number of carbonyl (C=O) groups is 1. The molecule has 1 saturated heterocycles. The summed E-state index contributed by atoms with van der Waals surface area (Å²) in [4.78, 5) is 11.8. The lowest BCUT2D eigenvalue weighted by molar-refractivity contribution is -0.121. The zero-order valence-electron chi connectivity index (χ0n) is 11.4. The van der Waals surface area contributed by atoms with Crippen molar-refractivity contribution in [3.63, 3.8) is 0 Å². The van der Waals surface area contributed by atoms with Gasteiger partial charge < -0.3 is 15.4 Å². The molecule has 1 fully saturated rings. The van der Waals surface area contributed by atoms with Crippen molar-refractivity contribution in [2.75, 3.05) is 20.2 Å². The van der Waals surface area contributed by atoms with Gasteiger partial charge in [0.15, 0.2) is 0 Å². The van der Waals surface area contributed by atoms with E-state index in [9.17, 15) is 4.79 Å². The molecule has 1 aromatic rings. The first-order chi connectivity index (χ1) is 9.28. The predicted octanol–water partition coefficient (Wildman–Crippen LogP) is 1.70. The second-order valence-electron chi connectivity index (χ2n) is 5.03. The molecule has 0 saturated carbocycles. The molecule has 1 heterocycles. The molecule has 0 aliphatic carbocycles. The van der Waals surface area contributed by atoms with Gasteiger partial charge >= 0.3 is 0 Å². The van der Waals surface area contributed by atoms with Crippen molar-refractivity contribution < 1.29 is 9.53 Å². The third kappa shape index (κ3) is 4.56. The largest absolute Gasteiger partial charge is 0.497 e. The minimum Gasteiger partial charge on any atom is -0.497 e. The number of rotatable bonds is 6. The Hall–Kier alpha value is -1.55. The summed E-state index contributed by atoms with van der Waals surface area (Å²) in [6, 6.07) is 7.77. The van der Waals surface area contributed by atoms with Crippen LogP contribution in [0.2, 0.25) is 0 Å². The van der Waals surface area contributed by atoms with Crippen LogP contribution in [-0.4, -0.2) is 26.1 Å². The van der Waals surface area contributed by atoms with Gasteiger partial charge in [-0.05, 0) is 49.5 Å². The van der Waals surface area contributed by atoms with Gasteiger partial charge in [0.25, 0.3) is 0 Å². The normalized spacial score (nSPS) is 18.3. The lowest BCUT2D eigenvalue weighted by Gasteiger charge is -2.09. The van der Waals surface area contributed by atoms with Gasteiger partial charge in [0.2, 0.25) is 5.91 Å². The van der Waals surface area contributed by atoms with Crippen LogP contribution in [0.5, 0.6) is 5.75 Å². The summed E-state index contributed by atoms with van der Waals surface area (Å²) in [6.45, 7) is 2.72. The molecular formula is C15H22N2O2. The highest BCUT2D eigenvalue weighted by Crippen LogP contribution is 2.14. The molecule has 0 bridgehead atoms. The molecule has 2 N–H and O–H groups in total. The number of hydrogen-bond acceptors (Lipinski definition) is 3. The summed E-state index contributed by atoms with van der Waals surface area (Å²) in [5, 5.41) is 6.28. The van der Waals surface area contributed by atoms with Crippen molar-refractivity contribution in [1.29, 1.82) is 0 Å². The van der Waals surface area contributed by atoms with Gasteiger partial charge in [-0.2, -0.15) is 0 Å². The van der Waals surface area contributed by atoms with E-state index in [0.29, 0.717) is 18.9 Å². The quantitative estimate of drug-likeness (QED) is 0.820. The summed E-state index contributed by atoms with van der Waals surface area (Å²) in [5.41, 5.74) is 1.07. The van der Waals surface area contributed by atoms with E-state index in [1.54, 1.807) is 7.11 Å². The number of methoxy groups -OCH3 is 1. The highest BCUT2D eigenvalue weighted by molar-refractivity contribution is 5.75. The van der Waals surface area contributed by atoms with E-state index in [-0.39, 0.29) is 5.91 Å². The molecular weight excluding hydrogens is 240 g/mol. The van der Waals surface area contributed by atoms with Crippen LogP contribution in [0.1, 0.15) is 24.8 Å². The van der Waals surface area contributed by atoms with Gasteiger partial charge in [0, 0.05) is 13.0 Å². The fourth-order valence-corrected chi connectivity index (χ4v) is 2.37. The number of carbonyl (C=O) groups excluding carboxylic acids is 1. The monoisotopic (exact) mass is 262 g/mol. The fraction of sp³-hybridized carbons (Fsp3) is 0.533. The number of hydrogen-bond donors (Lipinski definition) is 2. The van der Waals surface area contributed by atoms with Crippen LogP contribution in [0.4, 0.5) is 0 Å². The maximum absolute atomic E-state index is 11.8. The van der Waals surface area contributed by atoms with E-state index in [1.807, 2.05) is 24.3 Å². The molecule has 1 unspecified atom stereocenters. The number of nitrogens with one attached hydrogen (secondary N) is 2. The van der Waals surface area contributed by atoms with Crippen molar-refractivity contribution in [3.8, 4) is 5.75 Å².